The minimum atomic E-state index is -0.0492. The van der Waals surface area contributed by atoms with Crippen LogP contribution in [0.15, 0.2) is 48.8 Å². The lowest BCUT2D eigenvalue weighted by molar-refractivity contribution is -0.121. The van der Waals surface area contributed by atoms with Crippen LogP contribution in [0.4, 0.5) is 0 Å². The molecule has 2 heterocycles. The highest BCUT2D eigenvalue weighted by molar-refractivity contribution is 7.71. The number of aromatic nitrogens is 4. The molecule has 0 aliphatic carbocycles. The summed E-state index contributed by atoms with van der Waals surface area (Å²) in [6.07, 6.45) is 5.82. The van der Waals surface area contributed by atoms with Crippen molar-refractivity contribution in [2.45, 2.75) is 45.8 Å². The summed E-state index contributed by atoms with van der Waals surface area (Å²) < 4.78 is 4.40. The Bertz CT molecular complexity index is 998. The Hall–Kier alpha value is -2.51. The van der Waals surface area contributed by atoms with Gasteiger partial charge in [0.2, 0.25) is 5.91 Å². The van der Waals surface area contributed by atoms with E-state index in [9.17, 15) is 4.79 Å². The largest absolute Gasteiger partial charge is 0.352 e. The third kappa shape index (κ3) is 5.74. The quantitative estimate of drug-likeness (QED) is 0.503. The smallest absolute Gasteiger partial charge is 0.222 e. The molecule has 0 aliphatic heterocycles. The first-order chi connectivity index (χ1) is 14.1. The van der Waals surface area contributed by atoms with Crippen molar-refractivity contribution in [1.82, 2.24) is 24.6 Å². The highest BCUT2D eigenvalue weighted by Crippen LogP contribution is 2.21. The lowest BCUT2D eigenvalue weighted by atomic mass is 10.2. The molecule has 0 saturated carbocycles. The number of unbranched alkanes of at least 4 members (excludes halogenated alkanes) is 1. The standard InChI is InChI=1S/C21H24ClN5OS/c1-2-3-12-26-20(17-6-8-18(22)9-7-17)25-27(21(26)29)13-10-19(28)24-15-16-5-4-11-23-14-16/h4-9,11,14H,2-3,10,12-13,15H2,1H3,(H,24,28). The zero-order valence-electron chi connectivity index (χ0n) is 16.3. The SMILES string of the molecule is CCCCn1c(-c2ccc(Cl)cc2)nn(CCC(=O)NCc2cccnc2)c1=S. The summed E-state index contributed by atoms with van der Waals surface area (Å²) >= 11 is 11.7. The van der Waals surface area contributed by atoms with Crippen molar-refractivity contribution in [2.75, 3.05) is 0 Å². The Morgan fingerprint density at radius 1 is 1.21 bits per heavy atom. The van der Waals surface area contributed by atoms with E-state index in [4.69, 9.17) is 28.9 Å². The van der Waals surface area contributed by atoms with E-state index in [1.807, 2.05) is 41.0 Å². The second kappa shape index (κ2) is 10.3. The summed E-state index contributed by atoms with van der Waals surface area (Å²) in [6, 6.07) is 11.3. The van der Waals surface area contributed by atoms with Crippen molar-refractivity contribution in [3.63, 3.8) is 0 Å². The lowest BCUT2D eigenvalue weighted by Crippen LogP contribution is -2.24. The molecule has 0 saturated heterocycles. The fourth-order valence-electron chi connectivity index (χ4n) is 2.92. The highest BCUT2D eigenvalue weighted by atomic mass is 35.5. The highest BCUT2D eigenvalue weighted by Gasteiger charge is 2.13. The molecule has 1 aromatic carbocycles. The van der Waals surface area contributed by atoms with Gasteiger partial charge in [0.05, 0.1) is 6.54 Å². The average Bonchev–Trinajstić information content (AvgIpc) is 3.06. The molecule has 3 rings (SSSR count). The van der Waals surface area contributed by atoms with Gasteiger partial charge in [-0.1, -0.05) is 31.0 Å². The number of hydrogen-bond donors (Lipinski definition) is 1. The van der Waals surface area contributed by atoms with Gasteiger partial charge in [-0.05, 0) is 54.5 Å². The van der Waals surface area contributed by atoms with Crippen LogP contribution in [0.1, 0.15) is 31.7 Å². The lowest BCUT2D eigenvalue weighted by Gasteiger charge is -2.06. The van der Waals surface area contributed by atoms with E-state index in [0.717, 1.165) is 36.3 Å². The second-order valence-corrected chi connectivity index (χ2v) is 7.53. The molecule has 2 aromatic heterocycles. The Labute approximate surface area is 180 Å². The van der Waals surface area contributed by atoms with Crippen molar-refractivity contribution in [3.8, 4) is 11.4 Å². The molecule has 29 heavy (non-hydrogen) atoms. The van der Waals surface area contributed by atoms with Crippen molar-refractivity contribution >= 4 is 29.7 Å². The molecule has 1 amide bonds. The number of aryl methyl sites for hydroxylation is 1. The van der Waals surface area contributed by atoms with Crippen LogP contribution < -0.4 is 5.32 Å². The van der Waals surface area contributed by atoms with Crippen LogP contribution in [-0.2, 0) is 24.4 Å². The van der Waals surface area contributed by atoms with Crippen molar-refractivity contribution in [1.29, 1.82) is 0 Å². The number of carbonyl (C=O) groups excluding carboxylic acids is 1. The Kier molecular flexibility index (Phi) is 7.55. The summed E-state index contributed by atoms with van der Waals surface area (Å²) in [4.78, 5) is 16.3. The summed E-state index contributed by atoms with van der Waals surface area (Å²) in [6.45, 7) is 3.82. The minimum absolute atomic E-state index is 0.0492. The van der Waals surface area contributed by atoms with Gasteiger partial charge in [0.25, 0.3) is 0 Å². The predicted molar refractivity (Wildman–Crippen MR) is 117 cm³/mol. The first-order valence-corrected chi connectivity index (χ1v) is 10.5. The third-order valence-electron chi connectivity index (χ3n) is 4.52. The molecule has 0 atom stereocenters. The number of benzene rings is 1. The molecule has 0 fully saturated rings. The molecular weight excluding hydrogens is 406 g/mol. The normalized spacial score (nSPS) is 10.8. The monoisotopic (exact) mass is 429 g/mol. The molecule has 3 aromatic rings. The first-order valence-electron chi connectivity index (χ1n) is 9.67. The van der Waals surface area contributed by atoms with Crippen LogP contribution in [0.25, 0.3) is 11.4 Å². The molecule has 1 N–H and O–H groups in total. The second-order valence-electron chi connectivity index (χ2n) is 6.73. The van der Waals surface area contributed by atoms with E-state index in [1.165, 1.54) is 0 Å². The number of halogens is 1. The molecule has 0 radical (unpaired) electrons. The van der Waals surface area contributed by atoms with E-state index >= 15 is 0 Å². The maximum atomic E-state index is 12.2. The summed E-state index contributed by atoms with van der Waals surface area (Å²) in [5.41, 5.74) is 1.92. The van der Waals surface area contributed by atoms with Gasteiger partial charge in [-0.3, -0.25) is 14.3 Å². The van der Waals surface area contributed by atoms with Gasteiger partial charge in [0.1, 0.15) is 0 Å². The predicted octanol–water partition coefficient (Wildman–Crippen LogP) is 4.64. The van der Waals surface area contributed by atoms with Gasteiger partial charge in [-0.25, -0.2) is 4.68 Å². The maximum absolute atomic E-state index is 12.2. The van der Waals surface area contributed by atoms with Crippen LogP contribution in [0.2, 0.25) is 5.02 Å². The summed E-state index contributed by atoms with van der Waals surface area (Å²) in [5.74, 6) is 0.753. The Morgan fingerprint density at radius 2 is 2.00 bits per heavy atom. The average molecular weight is 430 g/mol. The molecule has 152 valence electrons. The van der Waals surface area contributed by atoms with Gasteiger partial charge in [-0.2, -0.15) is 5.10 Å². The Balaban J connectivity index is 1.70. The van der Waals surface area contributed by atoms with Crippen LogP contribution >= 0.6 is 23.8 Å². The van der Waals surface area contributed by atoms with Gasteiger partial charge >= 0.3 is 0 Å². The Morgan fingerprint density at radius 3 is 2.69 bits per heavy atom. The molecule has 6 nitrogen and oxygen atoms in total. The number of nitrogens with one attached hydrogen (secondary N) is 1. The third-order valence-corrected chi connectivity index (χ3v) is 5.21. The fraction of sp³-hybridized carbons (Fsp3) is 0.333. The van der Waals surface area contributed by atoms with E-state index < -0.39 is 0 Å². The minimum Gasteiger partial charge on any atom is -0.352 e. The van der Waals surface area contributed by atoms with Crippen molar-refractivity contribution < 1.29 is 4.79 Å². The topological polar surface area (TPSA) is 64.7 Å². The van der Waals surface area contributed by atoms with Gasteiger partial charge < -0.3 is 5.32 Å². The molecular formula is C21H24ClN5OS. The van der Waals surface area contributed by atoms with Gasteiger partial charge in [0.15, 0.2) is 10.6 Å². The fourth-order valence-corrected chi connectivity index (χ4v) is 3.35. The number of nitrogens with zero attached hydrogens (tertiary/aromatic N) is 4. The first kappa shape index (κ1) is 21.2. The van der Waals surface area contributed by atoms with E-state index in [2.05, 4.69) is 17.2 Å². The summed E-state index contributed by atoms with van der Waals surface area (Å²) in [5, 5.41) is 8.28. The van der Waals surface area contributed by atoms with Gasteiger partial charge in [0, 0.05) is 42.5 Å². The molecule has 8 heteroatoms. The molecule has 0 spiro atoms. The van der Waals surface area contributed by atoms with E-state index in [1.54, 1.807) is 17.1 Å². The number of hydrogen-bond acceptors (Lipinski definition) is 4. The van der Waals surface area contributed by atoms with Crippen LogP contribution in [0.3, 0.4) is 0 Å². The van der Waals surface area contributed by atoms with Gasteiger partial charge in [-0.15, -0.1) is 0 Å². The number of pyridine rings is 1. The maximum Gasteiger partial charge on any atom is 0.222 e. The van der Waals surface area contributed by atoms with E-state index in [0.29, 0.717) is 29.3 Å². The molecule has 0 unspecified atom stereocenters. The number of carbonyl (C=O) groups is 1. The van der Waals surface area contributed by atoms with Crippen LogP contribution in [-0.4, -0.2) is 25.2 Å². The van der Waals surface area contributed by atoms with Crippen LogP contribution in [0, 0.1) is 4.77 Å². The number of rotatable bonds is 9. The molecule has 0 aliphatic rings. The van der Waals surface area contributed by atoms with Crippen molar-refractivity contribution in [2.24, 2.45) is 0 Å². The molecule has 0 bridgehead atoms. The zero-order chi connectivity index (χ0) is 20.6. The summed E-state index contributed by atoms with van der Waals surface area (Å²) in [7, 11) is 0. The zero-order valence-corrected chi connectivity index (χ0v) is 17.9. The van der Waals surface area contributed by atoms with E-state index in [-0.39, 0.29) is 5.91 Å². The van der Waals surface area contributed by atoms with Crippen LogP contribution in [0.5, 0.6) is 0 Å². The van der Waals surface area contributed by atoms with Crippen molar-refractivity contribution in [3.05, 3.63) is 64.1 Å². The number of amides is 1.